The fourth-order valence-corrected chi connectivity index (χ4v) is 5.55. The van der Waals surface area contributed by atoms with Gasteiger partial charge in [-0.05, 0) is 55.2 Å². The van der Waals surface area contributed by atoms with Crippen molar-refractivity contribution >= 4 is 56.4 Å². The van der Waals surface area contributed by atoms with Gasteiger partial charge in [-0.25, -0.2) is 0 Å². The number of nitrogens with one attached hydrogen (secondary N) is 1. The SMILES string of the molecule is CC[C@@H]1C(C(=O)NC2CCCCCC2)=NN(c2ccc(Cl)cc2Cl)[C@@H]1c1ccc(Br)cc1. The molecule has 0 bridgehead atoms. The van der Waals surface area contributed by atoms with E-state index in [1.54, 1.807) is 6.07 Å². The van der Waals surface area contributed by atoms with Crippen LogP contribution in [0.2, 0.25) is 10.0 Å². The van der Waals surface area contributed by atoms with E-state index < -0.39 is 0 Å². The van der Waals surface area contributed by atoms with Crippen molar-refractivity contribution in [1.82, 2.24) is 5.32 Å². The van der Waals surface area contributed by atoms with Gasteiger partial charge >= 0.3 is 0 Å². The number of halogens is 3. The minimum atomic E-state index is -0.123. The van der Waals surface area contributed by atoms with Crippen molar-refractivity contribution in [2.75, 3.05) is 5.01 Å². The molecule has 1 aliphatic carbocycles. The molecule has 2 atom stereocenters. The average molecular weight is 537 g/mol. The van der Waals surface area contributed by atoms with Crippen LogP contribution in [0.3, 0.4) is 0 Å². The molecule has 7 heteroatoms. The van der Waals surface area contributed by atoms with Crippen molar-refractivity contribution in [3.8, 4) is 0 Å². The van der Waals surface area contributed by atoms with Gasteiger partial charge in [0.05, 0.1) is 16.8 Å². The Balaban J connectivity index is 1.70. The Bertz CT molecular complexity index is 987. The zero-order valence-corrected chi connectivity index (χ0v) is 21.3. The summed E-state index contributed by atoms with van der Waals surface area (Å²) in [6, 6.07) is 13.7. The van der Waals surface area contributed by atoms with Gasteiger partial charge in [0.1, 0.15) is 5.71 Å². The van der Waals surface area contributed by atoms with E-state index in [0.717, 1.165) is 35.0 Å². The molecular formula is C25H28BrCl2N3O. The highest BCUT2D eigenvalue weighted by atomic mass is 79.9. The molecule has 4 rings (SSSR count). The van der Waals surface area contributed by atoms with Gasteiger partial charge in [-0.15, -0.1) is 0 Å². The predicted molar refractivity (Wildman–Crippen MR) is 137 cm³/mol. The highest BCUT2D eigenvalue weighted by Gasteiger charge is 2.42. The van der Waals surface area contributed by atoms with E-state index in [0.29, 0.717) is 15.8 Å². The third-order valence-electron chi connectivity index (χ3n) is 6.44. The molecule has 0 radical (unpaired) electrons. The van der Waals surface area contributed by atoms with Crippen molar-refractivity contribution in [2.24, 2.45) is 11.0 Å². The van der Waals surface area contributed by atoms with Crippen LogP contribution in [-0.4, -0.2) is 17.7 Å². The maximum atomic E-state index is 13.4. The largest absolute Gasteiger partial charge is 0.348 e. The molecule has 4 nitrogen and oxygen atoms in total. The Morgan fingerprint density at radius 3 is 2.41 bits per heavy atom. The van der Waals surface area contributed by atoms with Crippen molar-refractivity contribution in [1.29, 1.82) is 0 Å². The number of nitrogens with zero attached hydrogens (tertiary/aromatic N) is 2. The van der Waals surface area contributed by atoms with Crippen LogP contribution in [0, 0.1) is 5.92 Å². The zero-order valence-electron chi connectivity index (χ0n) is 18.2. The summed E-state index contributed by atoms with van der Waals surface area (Å²) in [6.07, 6.45) is 7.71. The van der Waals surface area contributed by atoms with Gasteiger partial charge in [0.2, 0.25) is 0 Å². The van der Waals surface area contributed by atoms with Gasteiger partial charge in [-0.2, -0.15) is 5.10 Å². The highest BCUT2D eigenvalue weighted by molar-refractivity contribution is 9.10. The summed E-state index contributed by atoms with van der Waals surface area (Å²) in [5.41, 5.74) is 2.42. The Labute approximate surface area is 208 Å². The van der Waals surface area contributed by atoms with Crippen LogP contribution in [0.4, 0.5) is 5.69 Å². The van der Waals surface area contributed by atoms with Crippen LogP contribution in [0.25, 0.3) is 0 Å². The van der Waals surface area contributed by atoms with Crippen LogP contribution < -0.4 is 10.3 Å². The third kappa shape index (κ3) is 5.16. The maximum Gasteiger partial charge on any atom is 0.268 e. The molecule has 1 amide bonds. The van der Waals surface area contributed by atoms with Crippen molar-refractivity contribution in [3.05, 3.63) is 62.5 Å². The molecule has 0 aromatic heterocycles. The van der Waals surface area contributed by atoms with Crippen LogP contribution >= 0.6 is 39.1 Å². The van der Waals surface area contributed by atoms with Crippen LogP contribution in [-0.2, 0) is 4.79 Å². The Morgan fingerprint density at radius 1 is 1.09 bits per heavy atom. The first-order valence-electron chi connectivity index (χ1n) is 11.4. The lowest BCUT2D eigenvalue weighted by Crippen LogP contribution is -2.41. The van der Waals surface area contributed by atoms with Gasteiger partial charge in [0.25, 0.3) is 5.91 Å². The van der Waals surface area contributed by atoms with E-state index in [1.165, 1.54) is 25.7 Å². The summed E-state index contributed by atoms with van der Waals surface area (Å²) in [5, 5.41) is 11.1. The maximum absolute atomic E-state index is 13.4. The second-order valence-electron chi connectivity index (χ2n) is 8.60. The molecule has 1 aliphatic heterocycles. The van der Waals surface area contributed by atoms with Gasteiger partial charge in [0, 0.05) is 21.5 Å². The lowest BCUT2D eigenvalue weighted by Gasteiger charge is -2.29. The second-order valence-corrected chi connectivity index (χ2v) is 10.4. The van der Waals surface area contributed by atoms with Gasteiger partial charge in [0.15, 0.2) is 0 Å². The van der Waals surface area contributed by atoms with Crippen molar-refractivity contribution in [2.45, 2.75) is 64.0 Å². The monoisotopic (exact) mass is 535 g/mol. The number of carbonyl (C=O) groups is 1. The molecule has 2 aliphatic rings. The fraction of sp³-hybridized carbons (Fsp3) is 0.440. The Kier molecular flexibility index (Phi) is 7.80. The molecule has 32 heavy (non-hydrogen) atoms. The first-order chi connectivity index (χ1) is 15.5. The summed E-state index contributed by atoms with van der Waals surface area (Å²) < 4.78 is 1.01. The minimum absolute atomic E-state index is 0.0475. The highest BCUT2D eigenvalue weighted by Crippen LogP contribution is 2.43. The molecule has 2 aromatic rings. The minimum Gasteiger partial charge on any atom is -0.348 e. The van der Waals surface area contributed by atoms with Crippen molar-refractivity contribution in [3.63, 3.8) is 0 Å². The zero-order chi connectivity index (χ0) is 22.7. The van der Waals surface area contributed by atoms with Crippen molar-refractivity contribution < 1.29 is 4.79 Å². The topological polar surface area (TPSA) is 44.7 Å². The van der Waals surface area contributed by atoms with E-state index in [4.69, 9.17) is 28.3 Å². The fourth-order valence-electron chi connectivity index (χ4n) is 4.79. The van der Waals surface area contributed by atoms with Gasteiger partial charge in [-0.1, -0.05) is 83.9 Å². The average Bonchev–Trinajstić information content (AvgIpc) is 2.96. The van der Waals surface area contributed by atoms with Crippen LogP contribution in [0.1, 0.15) is 63.5 Å². The lowest BCUT2D eigenvalue weighted by atomic mass is 9.87. The predicted octanol–water partition coefficient (Wildman–Crippen LogP) is 7.54. The summed E-state index contributed by atoms with van der Waals surface area (Å²) in [7, 11) is 0. The van der Waals surface area contributed by atoms with Gasteiger partial charge < -0.3 is 5.32 Å². The number of rotatable bonds is 5. The summed E-state index contributed by atoms with van der Waals surface area (Å²) in [4.78, 5) is 13.4. The van der Waals surface area contributed by atoms with E-state index in [2.05, 4.69) is 40.3 Å². The number of hydrogen-bond acceptors (Lipinski definition) is 3. The first-order valence-corrected chi connectivity index (χ1v) is 12.9. The van der Waals surface area contributed by atoms with E-state index in [9.17, 15) is 4.79 Å². The normalized spacial score (nSPS) is 21.9. The molecule has 0 saturated heterocycles. The lowest BCUT2D eigenvalue weighted by molar-refractivity contribution is -0.115. The standard InChI is InChI=1S/C25H28BrCl2N3O/c1-2-20-23(25(32)29-19-7-5-3-4-6-8-19)30-31(22-14-13-18(27)15-21(22)28)24(20)16-9-11-17(26)12-10-16/h9-15,19-20,24H,2-8H2,1H3,(H,29,32)/t20-,24-/m1/s1. The molecular weight excluding hydrogens is 509 g/mol. The van der Waals surface area contributed by atoms with Crippen LogP contribution in [0.5, 0.6) is 0 Å². The summed E-state index contributed by atoms with van der Waals surface area (Å²) in [5.74, 6) is -0.104. The molecule has 1 fully saturated rings. The smallest absolute Gasteiger partial charge is 0.268 e. The number of hydrazone groups is 1. The van der Waals surface area contributed by atoms with E-state index >= 15 is 0 Å². The summed E-state index contributed by atoms with van der Waals surface area (Å²) >= 11 is 16.2. The molecule has 2 aromatic carbocycles. The molecule has 170 valence electrons. The van der Waals surface area contributed by atoms with Crippen LogP contribution in [0.15, 0.2) is 52.0 Å². The second kappa shape index (κ2) is 10.6. The molecule has 0 spiro atoms. The molecule has 1 heterocycles. The molecule has 1 saturated carbocycles. The number of anilines is 1. The molecule has 0 unspecified atom stereocenters. The molecule has 1 N–H and O–H groups in total. The quantitative estimate of drug-likeness (QED) is 0.401. The first kappa shape index (κ1) is 23.6. The van der Waals surface area contributed by atoms with Gasteiger partial charge in [-0.3, -0.25) is 9.80 Å². The number of benzene rings is 2. The number of amides is 1. The Hall–Kier alpha value is -1.56. The third-order valence-corrected chi connectivity index (χ3v) is 7.51. The van der Waals surface area contributed by atoms with E-state index in [-0.39, 0.29) is 23.9 Å². The number of carbonyl (C=O) groups excluding carboxylic acids is 1. The van der Waals surface area contributed by atoms with E-state index in [1.807, 2.05) is 29.3 Å². The summed E-state index contributed by atoms with van der Waals surface area (Å²) in [6.45, 7) is 2.11. The Morgan fingerprint density at radius 2 is 1.78 bits per heavy atom. The number of hydrogen-bond donors (Lipinski definition) is 1.